The van der Waals surface area contributed by atoms with Gasteiger partial charge in [0.25, 0.3) is 0 Å². The summed E-state index contributed by atoms with van der Waals surface area (Å²) in [6.07, 6.45) is 4.37. The van der Waals surface area contributed by atoms with Gasteiger partial charge >= 0.3 is 0 Å². The van der Waals surface area contributed by atoms with Gasteiger partial charge in [0.1, 0.15) is 10.7 Å². The Labute approximate surface area is 163 Å². The number of aryl methyl sites for hydroxylation is 1. The number of fused-ring (bicyclic) bond motifs is 1. The van der Waals surface area contributed by atoms with Crippen LogP contribution in [0.2, 0.25) is 5.15 Å². The zero-order chi connectivity index (χ0) is 18.9. The number of benzene rings is 2. The molecule has 0 saturated heterocycles. The minimum absolute atomic E-state index is 0.477. The van der Waals surface area contributed by atoms with Crippen LogP contribution in [-0.4, -0.2) is 14.8 Å². The Morgan fingerprint density at radius 2 is 1.59 bits per heavy atom. The minimum atomic E-state index is -0.526. The van der Waals surface area contributed by atoms with Crippen molar-refractivity contribution in [3.05, 3.63) is 108 Å². The third-order valence-corrected chi connectivity index (χ3v) is 5.31. The maximum Gasteiger partial charge on any atom is 0.140 e. The van der Waals surface area contributed by atoms with Crippen molar-refractivity contribution in [1.29, 1.82) is 0 Å². The van der Waals surface area contributed by atoms with Crippen LogP contribution in [0.15, 0.2) is 85.6 Å². The molecule has 3 nitrogen and oxygen atoms in total. The second-order valence-electron chi connectivity index (χ2n) is 6.58. The second kappa shape index (κ2) is 7.01. The van der Waals surface area contributed by atoms with Crippen LogP contribution < -0.4 is 0 Å². The minimum Gasteiger partial charge on any atom is -0.249 e. The van der Waals surface area contributed by atoms with Crippen molar-refractivity contribution in [2.45, 2.75) is 18.9 Å². The lowest BCUT2D eigenvalue weighted by Crippen LogP contribution is -2.37. The molecule has 0 saturated carbocycles. The molecule has 0 N–H and O–H groups in total. The van der Waals surface area contributed by atoms with Crippen LogP contribution in [0.25, 0.3) is 10.9 Å². The van der Waals surface area contributed by atoms with Crippen LogP contribution in [0.3, 0.4) is 0 Å². The molecule has 0 bridgehead atoms. The quantitative estimate of drug-likeness (QED) is 0.329. The van der Waals surface area contributed by atoms with E-state index >= 15 is 0 Å². The van der Waals surface area contributed by atoms with Crippen LogP contribution in [0, 0.1) is 6.92 Å². The van der Waals surface area contributed by atoms with E-state index in [9.17, 15) is 0 Å². The highest BCUT2D eigenvalue weighted by molar-refractivity contribution is 6.34. The Hall–Kier alpha value is -2.91. The van der Waals surface area contributed by atoms with Crippen molar-refractivity contribution in [3.8, 4) is 0 Å². The van der Waals surface area contributed by atoms with Gasteiger partial charge in [-0.1, -0.05) is 78.3 Å². The van der Waals surface area contributed by atoms with Crippen molar-refractivity contribution in [2.24, 2.45) is 0 Å². The molecular weight excluding hydrogens is 354 g/mol. The summed E-state index contributed by atoms with van der Waals surface area (Å²) >= 11 is 6.41. The van der Waals surface area contributed by atoms with Gasteiger partial charge in [0, 0.05) is 6.20 Å². The van der Waals surface area contributed by atoms with Crippen LogP contribution in [-0.2, 0) is 5.54 Å². The lowest BCUT2D eigenvalue weighted by Gasteiger charge is -2.35. The summed E-state index contributed by atoms with van der Waals surface area (Å²) in [6, 6.07) is 22.8. The summed E-state index contributed by atoms with van der Waals surface area (Å²) in [5.74, 6) is 0. The van der Waals surface area contributed by atoms with Gasteiger partial charge in [-0.05, 0) is 30.5 Å². The fourth-order valence-electron chi connectivity index (χ4n) is 3.85. The van der Waals surface area contributed by atoms with Crippen LogP contribution >= 0.6 is 11.6 Å². The Morgan fingerprint density at radius 3 is 2.15 bits per heavy atom. The molecule has 4 rings (SSSR count). The van der Waals surface area contributed by atoms with E-state index in [4.69, 9.17) is 16.7 Å². The number of pyridine rings is 1. The molecule has 0 fully saturated rings. The fraction of sp³-hybridized carbons (Fsp3) is 0.130. The summed E-state index contributed by atoms with van der Waals surface area (Å²) in [5, 5.41) is 6.30. The van der Waals surface area contributed by atoms with Gasteiger partial charge in [-0.25, -0.2) is 9.67 Å². The third kappa shape index (κ3) is 2.75. The van der Waals surface area contributed by atoms with E-state index in [0.717, 1.165) is 27.7 Å². The zero-order valence-electron chi connectivity index (χ0n) is 15.1. The van der Waals surface area contributed by atoms with Crippen molar-refractivity contribution in [1.82, 2.24) is 14.8 Å². The molecule has 0 radical (unpaired) electrons. The molecule has 0 aliphatic carbocycles. The average Bonchev–Trinajstić information content (AvgIpc) is 3.06. The van der Waals surface area contributed by atoms with E-state index in [2.05, 4.69) is 64.8 Å². The second-order valence-corrected chi connectivity index (χ2v) is 6.94. The zero-order valence-corrected chi connectivity index (χ0v) is 15.9. The van der Waals surface area contributed by atoms with Gasteiger partial charge in [0.05, 0.1) is 16.6 Å². The molecular formula is C23H20ClN3. The Kier molecular flexibility index (Phi) is 4.54. The number of halogens is 1. The van der Waals surface area contributed by atoms with Gasteiger partial charge in [-0.3, -0.25) is 0 Å². The van der Waals surface area contributed by atoms with Gasteiger partial charge in [-0.15, -0.1) is 6.58 Å². The summed E-state index contributed by atoms with van der Waals surface area (Å²) < 4.78 is 2.08. The first kappa shape index (κ1) is 17.5. The van der Waals surface area contributed by atoms with Crippen molar-refractivity contribution in [3.63, 3.8) is 0 Å². The van der Waals surface area contributed by atoms with Gasteiger partial charge in [0.15, 0.2) is 0 Å². The molecule has 4 aromatic rings. The SMILES string of the molecule is C=CCC(c1ccccc1)(c1ccccc1)n1nc(C)c2c(Cl)nccc21. The number of rotatable bonds is 5. The third-order valence-electron chi connectivity index (χ3n) is 5.03. The number of aromatic nitrogens is 3. The van der Waals surface area contributed by atoms with E-state index in [0.29, 0.717) is 11.6 Å². The highest BCUT2D eigenvalue weighted by Crippen LogP contribution is 2.40. The number of nitrogens with zero attached hydrogens (tertiary/aromatic N) is 3. The summed E-state index contributed by atoms with van der Waals surface area (Å²) in [4.78, 5) is 4.25. The monoisotopic (exact) mass is 373 g/mol. The van der Waals surface area contributed by atoms with E-state index in [1.807, 2.05) is 31.2 Å². The molecule has 0 amide bonds. The van der Waals surface area contributed by atoms with E-state index in [1.54, 1.807) is 6.20 Å². The first-order chi connectivity index (χ1) is 13.2. The van der Waals surface area contributed by atoms with E-state index in [-0.39, 0.29) is 0 Å². The fourth-order valence-corrected chi connectivity index (χ4v) is 4.14. The number of hydrogen-bond donors (Lipinski definition) is 0. The van der Waals surface area contributed by atoms with Crippen molar-refractivity contribution < 1.29 is 0 Å². The summed E-state index contributed by atoms with van der Waals surface area (Å²) in [7, 11) is 0. The maximum absolute atomic E-state index is 6.41. The number of hydrogen-bond acceptors (Lipinski definition) is 2. The van der Waals surface area contributed by atoms with Crippen LogP contribution in [0.5, 0.6) is 0 Å². The maximum atomic E-state index is 6.41. The molecule has 134 valence electrons. The highest BCUT2D eigenvalue weighted by Gasteiger charge is 2.37. The lowest BCUT2D eigenvalue weighted by molar-refractivity contribution is 0.403. The standard InChI is InChI=1S/C23H20ClN3/c1-3-15-23(18-10-6-4-7-11-18,19-12-8-5-9-13-19)27-20-14-16-25-22(24)21(20)17(2)26-27/h3-14,16H,1,15H2,2H3. The molecule has 2 aromatic heterocycles. The Balaban J connectivity index is 2.14. The Morgan fingerprint density at radius 1 is 1.00 bits per heavy atom. The Bertz CT molecular complexity index is 1050. The molecule has 0 aliphatic rings. The number of allylic oxidation sites excluding steroid dienone is 1. The van der Waals surface area contributed by atoms with Crippen LogP contribution in [0.1, 0.15) is 23.2 Å². The van der Waals surface area contributed by atoms with Gasteiger partial charge < -0.3 is 0 Å². The highest BCUT2D eigenvalue weighted by atomic mass is 35.5. The van der Waals surface area contributed by atoms with Crippen molar-refractivity contribution in [2.75, 3.05) is 0 Å². The largest absolute Gasteiger partial charge is 0.249 e. The molecule has 2 aromatic carbocycles. The first-order valence-electron chi connectivity index (χ1n) is 8.91. The molecule has 0 aliphatic heterocycles. The van der Waals surface area contributed by atoms with E-state index in [1.165, 1.54) is 0 Å². The molecule has 0 spiro atoms. The lowest BCUT2D eigenvalue weighted by atomic mass is 9.80. The molecule has 4 heteroatoms. The summed E-state index contributed by atoms with van der Waals surface area (Å²) in [5.41, 5.74) is 3.59. The average molecular weight is 374 g/mol. The predicted molar refractivity (Wildman–Crippen MR) is 111 cm³/mol. The van der Waals surface area contributed by atoms with Gasteiger partial charge in [-0.2, -0.15) is 5.10 Å². The molecule has 27 heavy (non-hydrogen) atoms. The molecule has 0 atom stereocenters. The smallest absolute Gasteiger partial charge is 0.140 e. The molecule has 0 unspecified atom stereocenters. The summed E-state index contributed by atoms with van der Waals surface area (Å²) in [6.45, 7) is 6.02. The van der Waals surface area contributed by atoms with Crippen LogP contribution in [0.4, 0.5) is 0 Å². The molecule has 2 heterocycles. The topological polar surface area (TPSA) is 30.7 Å². The van der Waals surface area contributed by atoms with Gasteiger partial charge in [0.2, 0.25) is 0 Å². The predicted octanol–water partition coefficient (Wildman–Crippen LogP) is 5.76. The normalized spacial score (nSPS) is 11.6. The van der Waals surface area contributed by atoms with E-state index < -0.39 is 5.54 Å². The first-order valence-corrected chi connectivity index (χ1v) is 9.28. The van der Waals surface area contributed by atoms with Crippen molar-refractivity contribution >= 4 is 22.5 Å².